The molecule has 0 unspecified atom stereocenters. The van der Waals surface area contributed by atoms with Gasteiger partial charge in [0, 0.05) is 18.5 Å². The van der Waals surface area contributed by atoms with Crippen molar-refractivity contribution in [2.75, 3.05) is 13.2 Å². The maximum Gasteiger partial charge on any atom is 0.290 e. The number of carbonyl (C=O) groups is 3. The zero-order valence-electron chi connectivity index (χ0n) is 17.0. The lowest BCUT2D eigenvalue weighted by molar-refractivity contribution is -0.148. The summed E-state index contributed by atoms with van der Waals surface area (Å²) < 4.78 is 10.8. The number of carboxylic acid groups (broad SMARTS) is 1. The molecule has 10 nitrogen and oxygen atoms in total. The minimum Gasteiger partial charge on any atom is -0.483 e. The number of benzene rings is 2. The van der Waals surface area contributed by atoms with Gasteiger partial charge in [-0.2, -0.15) is 4.98 Å². The highest BCUT2D eigenvalue weighted by Gasteiger charge is 2.35. The Balaban J connectivity index is 0.000000913. The molecule has 3 N–H and O–H groups in total. The van der Waals surface area contributed by atoms with Crippen LogP contribution in [0.1, 0.15) is 17.5 Å². The van der Waals surface area contributed by atoms with Gasteiger partial charge in [-0.25, -0.2) is 0 Å². The first-order chi connectivity index (χ1) is 15.6. The molecule has 1 aromatic heterocycles. The Morgan fingerprint density at radius 1 is 1.16 bits per heavy atom. The van der Waals surface area contributed by atoms with Crippen molar-refractivity contribution in [2.24, 2.45) is 0 Å². The van der Waals surface area contributed by atoms with E-state index in [1.807, 2.05) is 60.7 Å². The van der Waals surface area contributed by atoms with E-state index in [1.54, 1.807) is 0 Å². The fourth-order valence-corrected chi connectivity index (χ4v) is 3.15. The van der Waals surface area contributed by atoms with E-state index in [9.17, 15) is 9.59 Å². The molecule has 3 aromatic rings. The summed E-state index contributed by atoms with van der Waals surface area (Å²) in [5, 5.41) is 16.5. The first-order valence-corrected chi connectivity index (χ1v) is 9.82. The van der Waals surface area contributed by atoms with Gasteiger partial charge in [0.2, 0.25) is 17.6 Å². The Labute approximate surface area is 183 Å². The van der Waals surface area contributed by atoms with Crippen molar-refractivity contribution < 1.29 is 28.8 Å². The number of carbonyl (C=O) groups excluding carboxylic acids is 2. The van der Waals surface area contributed by atoms with Gasteiger partial charge < -0.3 is 25.0 Å². The van der Waals surface area contributed by atoms with E-state index >= 15 is 0 Å². The summed E-state index contributed by atoms with van der Waals surface area (Å²) in [5.41, 5.74) is 1.67. The van der Waals surface area contributed by atoms with Gasteiger partial charge in [-0.05, 0) is 5.56 Å². The van der Waals surface area contributed by atoms with Gasteiger partial charge in [0.25, 0.3) is 12.4 Å². The topological polar surface area (TPSA) is 144 Å². The van der Waals surface area contributed by atoms with Gasteiger partial charge in [-0.15, -0.1) is 0 Å². The van der Waals surface area contributed by atoms with Gasteiger partial charge in [-0.3, -0.25) is 14.4 Å². The molecular weight excluding hydrogens is 416 g/mol. The number of ether oxygens (including phenoxy) is 1. The largest absolute Gasteiger partial charge is 0.483 e. The lowest BCUT2D eigenvalue weighted by atomic mass is 9.99. The van der Waals surface area contributed by atoms with Gasteiger partial charge in [0.05, 0.1) is 6.04 Å². The molecule has 0 saturated carbocycles. The van der Waals surface area contributed by atoms with Gasteiger partial charge in [0.1, 0.15) is 6.61 Å². The molecule has 10 heteroatoms. The van der Waals surface area contributed by atoms with E-state index < -0.39 is 12.1 Å². The fourth-order valence-electron chi connectivity index (χ4n) is 3.15. The van der Waals surface area contributed by atoms with E-state index in [1.165, 1.54) is 0 Å². The molecule has 166 valence electrons. The zero-order valence-corrected chi connectivity index (χ0v) is 17.0. The lowest BCUT2D eigenvalue weighted by Crippen LogP contribution is -2.52. The lowest BCUT2D eigenvalue weighted by Gasteiger charge is -2.31. The molecule has 0 radical (unpaired) electrons. The molecule has 2 amide bonds. The molecular formula is C22H22N4O6. The Morgan fingerprint density at radius 3 is 2.50 bits per heavy atom. The van der Waals surface area contributed by atoms with Crippen LogP contribution in [0.5, 0.6) is 0 Å². The normalized spacial score (nSPS) is 17.4. The van der Waals surface area contributed by atoms with Crippen LogP contribution in [0.3, 0.4) is 0 Å². The van der Waals surface area contributed by atoms with Gasteiger partial charge >= 0.3 is 0 Å². The second-order valence-corrected chi connectivity index (χ2v) is 6.71. The molecule has 1 saturated heterocycles. The second kappa shape index (κ2) is 11.4. The van der Waals surface area contributed by atoms with Gasteiger partial charge in [0.15, 0.2) is 6.10 Å². The van der Waals surface area contributed by atoms with Crippen LogP contribution in [0.15, 0.2) is 65.2 Å². The Bertz CT molecular complexity index is 1030. The van der Waals surface area contributed by atoms with E-state index in [2.05, 4.69) is 20.8 Å². The van der Waals surface area contributed by atoms with E-state index in [0.29, 0.717) is 24.7 Å². The third-order valence-corrected chi connectivity index (χ3v) is 4.57. The summed E-state index contributed by atoms with van der Waals surface area (Å²) in [7, 11) is 0. The number of hydrogen-bond acceptors (Lipinski definition) is 7. The van der Waals surface area contributed by atoms with Crippen molar-refractivity contribution in [2.45, 2.75) is 18.6 Å². The van der Waals surface area contributed by atoms with Crippen molar-refractivity contribution in [3.05, 3.63) is 72.1 Å². The summed E-state index contributed by atoms with van der Waals surface area (Å²) in [6, 6.07) is 18.3. The van der Waals surface area contributed by atoms with Crippen LogP contribution < -0.4 is 10.6 Å². The third kappa shape index (κ3) is 5.99. The van der Waals surface area contributed by atoms with Crippen molar-refractivity contribution >= 4 is 18.3 Å². The van der Waals surface area contributed by atoms with E-state index in [-0.39, 0.29) is 24.9 Å². The number of rotatable bonds is 6. The molecule has 0 aliphatic carbocycles. The van der Waals surface area contributed by atoms with Gasteiger partial charge in [-0.1, -0.05) is 65.8 Å². The smallest absolute Gasteiger partial charge is 0.290 e. The SMILES string of the molecule is O=C1CO[C@H](C(=O)NCCc2nc(-c3ccccc3)no2)[C@@H](c2ccccc2)N1.O=CO. The van der Waals surface area contributed by atoms with Crippen molar-refractivity contribution in [3.63, 3.8) is 0 Å². The first-order valence-electron chi connectivity index (χ1n) is 9.82. The number of nitrogens with one attached hydrogen (secondary N) is 2. The minimum atomic E-state index is -0.808. The van der Waals surface area contributed by atoms with Crippen LogP contribution in [0.4, 0.5) is 0 Å². The van der Waals surface area contributed by atoms with Crippen molar-refractivity contribution in [3.8, 4) is 11.4 Å². The third-order valence-electron chi connectivity index (χ3n) is 4.57. The summed E-state index contributed by atoms with van der Waals surface area (Å²) in [6.45, 7) is -0.0872. The molecule has 2 heterocycles. The van der Waals surface area contributed by atoms with E-state index in [4.69, 9.17) is 19.2 Å². The van der Waals surface area contributed by atoms with Crippen molar-refractivity contribution in [1.29, 1.82) is 0 Å². The number of amides is 2. The van der Waals surface area contributed by atoms with Crippen LogP contribution in [-0.2, 0) is 25.5 Å². The van der Waals surface area contributed by atoms with E-state index in [0.717, 1.165) is 11.1 Å². The summed E-state index contributed by atoms with van der Waals surface area (Å²) >= 11 is 0. The molecule has 1 fully saturated rings. The predicted octanol–water partition coefficient (Wildman–Crippen LogP) is 1.35. The Kier molecular flexibility index (Phi) is 8.04. The number of morpholine rings is 1. The fraction of sp³-hybridized carbons (Fsp3) is 0.227. The Morgan fingerprint density at radius 2 is 1.81 bits per heavy atom. The first kappa shape index (κ1) is 22.6. The highest BCUT2D eigenvalue weighted by atomic mass is 16.5. The average molecular weight is 438 g/mol. The maximum atomic E-state index is 12.7. The van der Waals surface area contributed by atoms with Crippen molar-refractivity contribution in [1.82, 2.24) is 20.8 Å². The van der Waals surface area contributed by atoms with Crippen LogP contribution in [0, 0.1) is 0 Å². The van der Waals surface area contributed by atoms with Crippen LogP contribution in [0.25, 0.3) is 11.4 Å². The number of hydrogen-bond donors (Lipinski definition) is 3. The summed E-state index contributed by atoms with van der Waals surface area (Å²) in [4.78, 5) is 37.1. The number of nitrogens with zero attached hydrogens (tertiary/aromatic N) is 2. The molecule has 2 atom stereocenters. The molecule has 32 heavy (non-hydrogen) atoms. The monoisotopic (exact) mass is 438 g/mol. The maximum absolute atomic E-state index is 12.7. The van der Waals surface area contributed by atoms with Crippen LogP contribution in [-0.4, -0.2) is 52.8 Å². The Hall–Kier alpha value is -4.05. The second-order valence-electron chi connectivity index (χ2n) is 6.71. The average Bonchev–Trinajstić information content (AvgIpc) is 3.29. The van der Waals surface area contributed by atoms with Crippen LogP contribution >= 0.6 is 0 Å². The minimum absolute atomic E-state index is 0.147. The molecule has 0 spiro atoms. The van der Waals surface area contributed by atoms with Crippen LogP contribution in [0.2, 0.25) is 0 Å². The summed E-state index contributed by atoms with van der Waals surface area (Å²) in [6.07, 6.45) is -0.418. The molecule has 1 aliphatic heterocycles. The molecule has 1 aliphatic rings. The predicted molar refractivity (Wildman–Crippen MR) is 112 cm³/mol. The quantitative estimate of drug-likeness (QED) is 0.489. The molecule has 4 rings (SSSR count). The molecule has 0 bridgehead atoms. The molecule has 2 aromatic carbocycles. The highest BCUT2D eigenvalue weighted by Crippen LogP contribution is 2.22. The summed E-state index contributed by atoms with van der Waals surface area (Å²) in [5.74, 6) is 0.389. The highest BCUT2D eigenvalue weighted by molar-refractivity contribution is 5.86. The zero-order chi connectivity index (χ0) is 22.8. The number of aromatic nitrogens is 2. The standard InChI is InChI=1S/C21H20N4O4.CH2O2/c26-16-13-28-19(18(23-16)14-7-3-1-4-8-14)21(27)22-12-11-17-24-20(25-29-17)15-9-5-2-6-10-15;2-1-3/h1-10,18-19H,11-13H2,(H,22,27)(H,23,26);1H,(H,2,3)/t18-,19+;/m1./s1.